The number of nitrogens with one attached hydrogen (secondary N) is 2. The second kappa shape index (κ2) is 8.74. The number of amides is 1. The summed E-state index contributed by atoms with van der Waals surface area (Å²) in [5, 5.41) is 6.35. The highest BCUT2D eigenvalue weighted by molar-refractivity contribution is 5.81. The molecule has 1 aliphatic carbocycles. The molecule has 1 amide bonds. The molecule has 0 spiro atoms. The third kappa shape index (κ3) is 5.11. The molecule has 136 valence electrons. The molecule has 6 heteroatoms. The van der Waals surface area contributed by atoms with Gasteiger partial charge in [-0.1, -0.05) is 18.2 Å². The molecule has 25 heavy (non-hydrogen) atoms. The zero-order valence-corrected chi connectivity index (χ0v) is 15.1. The summed E-state index contributed by atoms with van der Waals surface area (Å²) in [4.78, 5) is 21.1. The second-order valence-electron chi connectivity index (χ2n) is 6.61. The predicted octanol–water partition coefficient (Wildman–Crippen LogP) is 1.30. The number of piperazine rings is 1. The quantitative estimate of drug-likeness (QED) is 0.464. The number of hydrogen-bond donors (Lipinski definition) is 2. The average Bonchev–Trinajstić information content (AvgIpc) is 3.50. The van der Waals surface area contributed by atoms with Crippen molar-refractivity contribution in [3.8, 4) is 0 Å². The molecular formula is C19H29N5O. The highest BCUT2D eigenvalue weighted by atomic mass is 16.2. The minimum atomic E-state index is 0.191. The zero-order chi connectivity index (χ0) is 17.5. The van der Waals surface area contributed by atoms with Gasteiger partial charge in [-0.2, -0.15) is 0 Å². The molecule has 0 bridgehead atoms. The first-order valence-corrected chi connectivity index (χ1v) is 9.39. The Hall–Kier alpha value is -2.24. The van der Waals surface area contributed by atoms with Crippen molar-refractivity contribution in [2.75, 3.05) is 50.7 Å². The van der Waals surface area contributed by atoms with Crippen LogP contribution < -0.4 is 15.5 Å². The molecule has 1 saturated carbocycles. The number of anilines is 1. The summed E-state index contributed by atoms with van der Waals surface area (Å²) in [7, 11) is 0. The number of hydrogen-bond acceptors (Lipinski definition) is 3. The third-order valence-corrected chi connectivity index (χ3v) is 4.66. The summed E-state index contributed by atoms with van der Waals surface area (Å²) in [6.45, 7) is 8.08. The minimum Gasteiger partial charge on any atom is -0.368 e. The van der Waals surface area contributed by atoms with E-state index in [4.69, 9.17) is 0 Å². The van der Waals surface area contributed by atoms with Gasteiger partial charge in [-0.15, -0.1) is 0 Å². The van der Waals surface area contributed by atoms with Gasteiger partial charge in [-0.3, -0.25) is 9.79 Å². The van der Waals surface area contributed by atoms with E-state index >= 15 is 0 Å². The summed E-state index contributed by atoms with van der Waals surface area (Å²) < 4.78 is 0. The fraction of sp³-hybridized carbons (Fsp3) is 0.579. The van der Waals surface area contributed by atoms with Gasteiger partial charge in [-0.25, -0.2) is 0 Å². The van der Waals surface area contributed by atoms with Crippen molar-refractivity contribution in [1.82, 2.24) is 15.5 Å². The molecule has 0 atom stereocenters. The highest BCUT2D eigenvalue weighted by Crippen LogP contribution is 2.28. The van der Waals surface area contributed by atoms with Gasteiger partial charge < -0.3 is 20.4 Å². The molecule has 0 unspecified atom stereocenters. The normalized spacial score (nSPS) is 18.2. The monoisotopic (exact) mass is 343 g/mol. The van der Waals surface area contributed by atoms with Crippen molar-refractivity contribution in [2.45, 2.75) is 19.8 Å². The summed E-state index contributed by atoms with van der Waals surface area (Å²) >= 11 is 0. The highest BCUT2D eigenvalue weighted by Gasteiger charge is 2.29. The maximum absolute atomic E-state index is 11.7. The molecule has 1 saturated heterocycles. The van der Waals surface area contributed by atoms with Gasteiger partial charge in [-0.05, 0) is 31.9 Å². The Morgan fingerprint density at radius 2 is 1.84 bits per heavy atom. The Bertz CT molecular complexity index is 577. The zero-order valence-electron chi connectivity index (χ0n) is 15.1. The van der Waals surface area contributed by atoms with Crippen molar-refractivity contribution in [3.63, 3.8) is 0 Å². The number of guanidine groups is 1. The van der Waals surface area contributed by atoms with Gasteiger partial charge in [0.2, 0.25) is 5.91 Å². The van der Waals surface area contributed by atoms with Gasteiger partial charge in [0.05, 0.1) is 6.54 Å². The van der Waals surface area contributed by atoms with E-state index in [0.717, 1.165) is 51.5 Å². The first-order chi connectivity index (χ1) is 12.3. The molecule has 0 radical (unpaired) electrons. The Balaban J connectivity index is 1.47. The SMILES string of the molecule is CCNC(=NCCNC(=O)C1CC1)N1CCN(c2ccccc2)CC1. The maximum atomic E-state index is 11.7. The van der Waals surface area contributed by atoms with E-state index in [1.54, 1.807) is 0 Å². The summed E-state index contributed by atoms with van der Waals surface area (Å²) in [6, 6.07) is 10.6. The molecule has 1 aromatic rings. The Kier molecular flexibility index (Phi) is 6.14. The molecule has 2 aliphatic rings. The number of carbonyl (C=O) groups is 1. The van der Waals surface area contributed by atoms with Crippen LogP contribution in [0.1, 0.15) is 19.8 Å². The summed E-state index contributed by atoms with van der Waals surface area (Å²) in [6.07, 6.45) is 2.09. The Morgan fingerprint density at radius 3 is 2.48 bits per heavy atom. The van der Waals surface area contributed by atoms with Crippen LogP contribution >= 0.6 is 0 Å². The summed E-state index contributed by atoms with van der Waals surface area (Å²) in [5.74, 6) is 1.41. The van der Waals surface area contributed by atoms with Crippen LogP contribution in [0.25, 0.3) is 0 Å². The molecule has 1 heterocycles. The van der Waals surface area contributed by atoms with E-state index in [1.807, 2.05) is 0 Å². The van der Waals surface area contributed by atoms with Gasteiger partial charge >= 0.3 is 0 Å². The topological polar surface area (TPSA) is 60.0 Å². The molecular weight excluding hydrogens is 314 g/mol. The van der Waals surface area contributed by atoms with Crippen LogP contribution in [-0.4, -0.2) is 62.6 Å². The number of carbonyl (C=O) groups excluding carboxylic acids is 1. The van der Waals surface area contributed by atoms with Crippen molar-refractivity contribution in [1.29, 1.82) is 0 Å². The van der Waals surface area contributed by atoms with E-state index in [0.29, 0.717) is 13.1 Å². The van der Waals surface area contributed by atoms with Crippen LogP contribution in [0.15, 0.2) is 35.3 Å². The van der Waals surface area contributed by atoms with Gasteiger partial charge in [0, 0.05) is 50.9 Å². The lowest BCUT2D eigenvalue weighted by molar-refractivity contribution is -0.122. The smallest absolute Gasteiger partial charge is 0.223 e. The van der Waals surface area contributed by atoms with Gasteiger partial charge in [0.15, 0.2) is 5.96 Å². The average molecular weight is 343 g/mol. The Morgan fingerprint density at radius 1 is 1.12 bits per heavy atom. The predicted molar refractivity (Wildman–Crippen MR) is 102 cm³/mol. The van der Waals surface area contributed by atoms with Crippen molar-refractivity contribution in [3.05, 3.63) is 30.3 Å². The minimum absolute atomic E-state index is 0.191. The van der Waals surface area contributed by atoms with E-state index in [2.05, 4.69) is 62.7 Å². The largest absolute Gasteiger partial charge is 0.368 e. The summed E-state index contributed by atoms with van der Waals surface area (Å²) in [5.41, 5.74) is 1.28. The molecule has 2 fully saturated rings. The fourth-order valence-electron chi connectivity index (χ4n) is 3.07. The lowest BCUT2D eigenvalue weighted by atomic mass is 10.2. The number of benzene rings is 1. The van der Waals surface area contributed by atoms with Crippen molar-refractivity contribution < 1.29 is 4.79 Å². The number of nitrogens with zero attached hydrogens (tertiary/aromatic N) is 3. The van der Waals surface area contributed by atoms with E-state index in [1.165, 1.54) is 5.69 Å². The number of aliphatic imine (C=N–C) groups is 1. The number of rotatable bonds is 6. The van der Waals surface area contributed by atoms with E-state index < -0.39 is 0 Å². The van der Waals surface area contributed by atoms with Crippen LogP contribution in [0.3, 0.4) is 0 Å². The second-order valence-corrected chi connectivity index (χ2v) is 6.61. The molecule has 6 nitrogen and oxygen atoms in total. The van der Waals surface area contributed by atoms with Gasteiger partial charge in [0.1, 0.15) is 0 Å². The van der Waals surface area contributed by atoms with Gasteiger partial charge in [0.25, 0.3) is 0 Å². The van der Waals surface area contributed by atoms with Crippen LogP contribution in [0, 0.1) is 5.92 Å². The Labute approximate surface area is 150 Å². The standard InChI is InChI=1S/C19H29N5O/c1-2-20-19(22-11-10-21-18(25)16-8-9-16)24-14-12-23(13-15-24)17-6-4-3-5-7-17/h3-7,16H,2,8-15H2,1H3,(H,20,22)(H,21,25). The van der Waals surface area contributed by atoms with E-state index in [-0.39, 0.29) is 11.8 Å². The molecule has 2 N–H and O–H groups in total. The van der Waals surface area contributed by atoms with Crippen LogP contribution in [-0.2, 0) is 4.79 Å². The molecule has 1 aliphatic heterocycles. The first-order valence-electron chi connectivity index (χ1n) is 9.39. The van der Waals surface area contributed by atoms with Crippen LogP contribution in [0.5, 0.6) is 0 Å². The van der Waals surface area contributed by atoms with Crippen LogP contribution in [0.2, 0.25) is 0 Å². The lowest BCUT2D eigenvalue weighted by Crippen LogP contribution is -2.52. The first kappa shape index (κ1) is 17.6. The van der Waals surface area contributed by atoms with Crippen molar-refractivity contribution in [2.24, 2.45) is 10.9 Å². The molecule has 0 aromatic heterocycles. The maximum Gasteiger partial charge on any atom is 0.223 e. The van der Waals surface area contributed by atoms with E-state index in [9.17, 15) is 4.79 Å². The van der Waals surface area contributed by atoms with Crippen LogP contribution in [0.4, 0.5) is 5.69 Å². The lowest BCUT2D eigenvalue weighted by Gasteiger charge is -2.37. The van der Waals surface area contributed by atoms with Crippen molar-refractivity contribution >= 4 is 17.6 Å². The number of para-hydroxylation sites is 1. The fourth-order valence-corrected chi connectivity index (χ4v) is 3.07. The third-order valence-electron chi connectivity index (χ3n) is 4.66. The molecule has 3 rings (SSSR count). The molecule has 1 aromatic carbocycles.